The van der Waals surface area contributed by atoms with Gasteiger partial charge in [0.25, 0.3) is 0 Å². The molecule has 2 N–H and O–H groups in total. The van der Waals surface area contributed by atoms with Crippen molar-refractivity contribution in [2.24, 2.45) is 5.73 Å². The third-order valence-electron chi connectivity index (χ3n) is 3.73. The van der Waals surface area contributed by atoms with Gasteiger partial charge in [-0.2, -0.15) is 0 Å². The third-order valence-corrected chi connectivity index (χ3v) is 3.73. The van der Waals surface area contributed by atoms with E-state index in [2.05, 4.69) is 24.8 Å². The molecule has 1 fully saturated rings. The van der Waals surface area contributed by atoms with Crippen LogP contribution in [-0.4, -0.2) is 37.3 Å². The first kappa shape index (κ1) is 15.3. The Balaban J connectivity index is 2.16. The van der Waals surface area contributed by atoms with Crippen molar-refractivity contribution < 1.29 is 9.47 Å². The van der Waals surface area contributed by atoms with E-state index in [1.54, 1.807) is 7.11 Å². The number of nitrogens with zero attached hydrogens (tertiary/aromatic N) is 1. The maximum absolute atomic E-state index is 5.98. The van der Waals surface area contributed by atoms with Crippen LogP contribution in [0.4, 0.5) is 0 Å². The highest BCUT2D eigenvalue weighted by Crippen LogP contribution is 2.26. The molecular weight excluding hydrogens is 252 g/mol. The zero-order valence-electron chi connectivity index (χ0n) is 13.0. The van der Waals surface area contributed by atoms with Crippen LogP contribution in [0.15, 0.2) is 18.2 Å². The Bertz CT molecular complexity index is 458. The van der Waals surface area contributed by atoms with Crippen LogP contribution in [0.5, 0.6) is 5.75 Å². The van der Waals surface area contributed by atoms with E-state index in [0.717, 1.165) is 37.6 Å². The Morgan fingerprint density at radius 2 is 2.20 bits per heavy atom. The van der Waals surface area contributed by atoms with Gasteiger partial charge in [0.2, 0.25) is 0 Å². The predicted octanol–water partition coefficient (Wildman–Crippen LogP) is 2.33. The van der Waals surface area contributed by atoms with Crippen molar-refractivity contribution in [2.45, 2.75) is 39.0 Å². The van der Waals surface area contributed by atoms with Crippen LogP contribution in [-0.2, 0) is 11.3 Å². The molecule has 1 aromatic rings. The lowest BCUT2D eigenvalue weighted by molar-refractivity contribution is -0.0883. The van der Waals surface area contributed by atoms with Crippen LogP contribution in [0.2, 0.25) is 0 Å². The summed E-state index contributed by atoms with van der Waals surface area (Å²) < 4.78 is 11.2. The van der Waals surface area contributed by atoms with E-state index in [1.165, 1.54) is 5.56 Å². The molecule has 0 spiro atoms. The quantitative estimate of drug-likeness (QED) is 0.918. The number of methoxy groups -OCH3 is 1. The van der Waals surface area contributed by atoms with Crippen molar-refractivity contribution in [3.63, 3.8) is 0 Å². The van der Waals surface area contributed by atoms with Gasteiger partial charge in [0.15, 0.2) is 0 Å². The maximum atomic E-state index is 5.98. The summed E-state index contributed by atoms with van der Waals surface area (Å²) >= 11 is 0. The molecule has 1 aromatic carbocycles. The monoisotopic (exact) mass is 278 g/mol. The number of hydrogen-bond donors (Lipinski definition) is 1. The average molecular weight is 278 g/mol. The Kier molecular flexibility index (Phi) is 4.68. The number of benzene rings is 1. The molecule has 1 saturated heterocycles. The Morgan fingerprint density at radius 3 is 2.80 bits per heavy atom. The van der Waals surface area contributed by atoms with Crippen molar-refractivity contribution >= 4 is 0 Å². The molecule has 0 saturated carbocycles. The zero-order chi connectivity index (χ0) is 14.8. The highest BCUT2D eigenvalue weighted by atomic mass is 16.5. The van der Waals surface area contributed by atoms with Crippen molar-refractivity contribution in [3.8, 4) is 5.75 Å². The van der Waals surface area contributed by atoms with Gasteiger partial charge >= 0.3 is 0 Å². The summed E-state index contributed by atoms with van der Waals surface area (Å²) in [6.45, 7) is 9.80. The smallest absolute Gasteiger partial charge is 0.123 e. The molecule has 0 amide bonds. The van der Waals surface area contributed by atoms with E-state index in [1.807, 2.05) is 19.1 Å². The average Bonchev–Trinajstić information content (AvgIpc) is 2.37. The third kappa shape index (κ3) is 3.72. The summed E-state index contributed by atoms with van der Waals surface area (Å²) in [6.07, 6.45) is 0. The molecule has 4 nitrogen and oxygen atoms in total. The SMILES string of the molecule is COc1ccc(C(C)N)cc1CN1CCOC(C)(C)C1. The predicted molar refractivity (Wildman–Crippen MR) is 80.9 cm³/mol. The summed E-state index contributed by atoms with van der Waals surface area (Å²) in [7, 11) is 1.72. The van der Waals surface area contributed by atoms with Gasteiger partial charge in [-0.25, -0.2) is 0 Å². The minimum Gasteiger partial charge on any atom is -0.496 e. The van der Waals surface area contributed by atoms with E-state index in [4.69, 9.17) is 15.2 Å². The Labute approximate surface area is 121 Å². The summed E-state index contributed by atoms with van der Waals surface area (Å²) in [6, 6.07) is 6.25. The fourth-order valence-electron chi connectivity index (χ4n) is 2.70. The Morgan fingerprint density at radius 1 is 1.45 bits per heavy atom. The van der Waals surface area contributed by atoms with Crippen molar-refractivity contribution in [3.05, 3.63) is 29.3 Å². The van der Waals surface area contributed by atoms with Gasteiger partial charge in [0, 0.05) is 31.2 Å². The van der Waals surface area contributed by atoms with Crippen LogP contribution in [0.3, 0.4) is 0 Å². The number of nitrogens with two attached hydrogens (primary N) is 1. The molecule has 1 aliphatic heterocycles. The first-order chi connectivity index (χ1) is 9.41. The van der Waals surface area contributed by atoms with E-state index in [-0.39, 0.29) is 11.6 Å². The Hall–Kier alpha value is -1.10. The van der Waals surface area contributed by atoms with Gasteiger partial charge < -0.3 is 15.2 Å². The van der Waals surface area contributed by atoms with E-state index < -0.39 is 0 Å². The minimum absolute atomic E-state index is 0.0424. The summed E-state index contributed by atoms with van der Waals surface area (Å²) in [5.41, 5.74) is 8.24. The second-order valence-electron chi connectivity index (χ2n) is 6.18. The fraction of sp³-hybridized carbons (Fsp3) is 0.625. The largest absolute Gasteiger partial charge is 0.496 e. The molecule has 2 rings (SSSR count). The van der Waals surface area contributed by atoms with Crippen molar-refractivity contribution in [1.29, 1.82) is 0 Å². The zero-order valence-corrected chi connectivity index (χ0v) is 13.0. The molecule has 0 aliphatic carbocycles. The van der Waals surface area contributed by atoms with Gasteiger partial charge in [-0.3, -0.25) is 4.90 Å². The summed E-state index contributed by atoms with van der Waals surface area (Å²) in [5, 5.41) is 0. The maximum Gasteiger partial charge on any atom is 0.123 e. The van der Waals surface area contributed by atoms with Gasteiger partial charge in [-0.05, 0) is 38.5 Å². The summed E-state index contributed by atoms with van der Waals surface area (Å²) in [4.78, 5) is 2.41. The first-order valence-corrected chi connectivity index (χ1v) is 7.20. The highest BCUT2D eigenvalue weighted by molar-refractivity contribution is 5.38. The van der Waals surface area contributed by atoms with Gasteiger partial charge in [0.05, 0.1) is 19.3 Å². The van der Waals surface area contributed by atoms with Crippen LogP contribution in [0, 0.1) is 0 Å². The fourth-order valence-corrected chi connectivity index (χ4v) is 2.70. The lowest BCUT2D eigenvalue weighted by atomic mass is 10.0. The molecule has 4 heteroatoms. The lowest BCUT2D eigenvalue weighted by Crippen LogP contribution is -2.47. The van der Waals surface area contributed by atoms with E-state index in [9.17, 15) is 0 Å². The molecule has 1 atom stereocenters. The van der Waals surface area contributed by atoms with Crippen LogP contribution < -0.4 is 10.5 Å². The molecule has 0 aromatic heterocycles. The number of hydrogen-bond acceptors (Lipinski definition) is 4. The second-order valence-corrected chi connectivity index (χ2v) is 6.18. The van der Waals surface area contributed by atoms with E-state index in [0.29, 0.717) is 0 Å². The second kappa shape index (κ2) is 6.12. The minimum atomic E-state index is -0.0791. The number of morpholine rings is 1. The molecule has 112 valence electrons. The topological polar surface area (TPSA) is 47.7 Å². The van der Waals surface area contributed by atoms with Crippen LogP contribution in [0.25, 0.3) is 0 Å². The van der Waals surface area contributed by atoms with Gasteiger partial charge in [-0.1, -0.05) is 6.07 Å². The van der Waals surface area contributed by atoms with Crippen molar-refractivity contribution in [2.75, 3.05) is 26.8 Å². The molecule has 20 heavy (non-hydrogen) atoms. The normalized spacial score (nSPS) is 20.6. The molecule has 1 aliphatic rings. The van der Waals surface area contributed by atoms with Crippen molar-refractivity contribution in [1.82, 2.24) is 4.90 Å². The van der Waals surface area contributed by atoms with E-state index >= 15 is 0 Å². The number of rotatable bonds is 4. The standard InChI is InChI=1S/C16H26N2O2/c1-12(17)13-5-6-15(19-4)14(9-13)10-18-7-8-20-16(2,3)11-18/h5-6,9,12H,7-8,10-11,17H2,1-4H3. The van der Waals surface area contributed by atoms with Gasteiger partial charge in [-0.15, -0.1) is 0 Å². The first-order valence-electron chi connectivity index (χ1n) is 7.20. The van der Waals surface area contributed by atoms with Gasteiger partial charge in [0.1, 0.15) is 5.75 Å². The molecule has 1 heterocycles. The molecule has 0 radical (unpaired) electrons. The molecule has 1 unspecified atom stereocenters. The molecular formula is C16H26N2O2. The summed E-state index contributed by atoms with van der Waals surface area (Å²) in [5.74, 6) is 0.929. The lowest BCUT2D eigenvalue weighted by Gasteiger charge is -2.38. The van der Waals surface area contributed by atoms with Crippen LogP contribution in [0.1, 0.15) is 37.9 Å². The molecule has 0 bridgehead atoms. The number of ether oxygens (including phenoxy) is 2. The highest BCUT2D eigenvalue weighted by Gasteiger charge is 2.27. The van der Waals surface area contributed by atoms with Crippen LogP contribution >= 0.6 is 0 Å².